The van der Waals surface area contributed by atoms with Crippen molar-refractivity contribution < 1.29 is 27.9 Å². The Labute approximate surface area is 219 Å². The van der Waals surface area contributed by atoms with Gasteiger partial charge >= 0.3 is 12.1 Å². The van der Waals surface area contributed by atoms with Crippen molar-refractivity contribution in [2.24, 2.45) is 0 Å². The van der Waals surface area contributed by atoms with E-state index in [0.29, 0.717) is 0 Å². The highest BCUT2D eigenvalue weighted by Gasteiger charge is 2.38. The second-order valence-electron chi connectivity index (χ2n) is 8.24. The SMILES string of the molecule is O=C(CNC(Cc1ccccc1)c1ccccc1)N(c1ccccc1)c1ccccc1.O=C(O)C(F)(F)F. The molecular formula is C30H27F3N2O3. The molecule has 5 nitrogen and oxygen atoms in total. The quantitative estimate of drug-likeness (QED) is 0.276. The topological polar surface area (TPSA) is 69.6 Å². The Bertz CT molecular complexity index is 1230. The Morgan fingerprint density at radius 2 is 1.11 bits per heavy atom. The zero-order chi connectivity index (χ0) is 27.4. The number of hydrogen-bond acceptors (Lipinski definition) is 3. The van der Waals surface area contributed by atoms with E-state index in [4.69, 9.17) is 9.90 Å². The smallest absolute Gasteiger partial charge is 0.475 e. The van der Waals surface area contributed by atoms with Gasteiger partial charge in [-0.2, -0.15) is 13.2 Å². The molecule has 4 aromatic carbocycles. The summed E-state index contributed by atoms with van der Waals surface area (Å²) in [5.41, 5.74) is 4.13. The number of amides is 1. The lowest BCUT2D eigenvalue weighted by Crippen LogP contribution is -2.37. The van der Waals surface area contributed by atoms with Crippen LogP contribution in [0.5, 0.6) is 0 Å². The Hall–Kier alpha value is -4.43. The molecule has 0 heterocycles. The number of carboxylic acid groups (broad SMARTS) is 1. The minimum absolute atomic E-state index is 0.00592. The average Bonchev–Trinajstić information content (AvgIpc) is 2.93. The van der Waals surface area contributed by atoms with Crippen LogP contribution in [-0.4, -0.2) is 29.7 Å². The highest BCUT2D eigenvalue weighted by Crippen LogP contribution is 2.25. The molecule has 4 rings (SSSR count). The van der Waals surface area contributed by atoms with Crippen molar-refractivity contribution in [2.45, 2.75) is 18.6 Å². The second-order valence-corrected chi connectivity index (χ2v) is 8.24. The number of benzene rings is 4. The van der Waals surface area contributed by atoms with E-state index in [0.717, 1.165) is 17.8 Å². The summed E-state index contributed by atoms with van der Waals surface area (Å²) in [5, 5.41) is 10.6. The standard InChI is InChI=1S/C28H26N2O.C2HF3O2/c31-28(30(25-17-9-3-10-18-25)26-19-11-4-12-20-26)22-29-27(24-15-7-2-8-16-24)21-23-13-5-1-6-14-23;3-2(4,5)1(6)7/h1-20,27,29H,21-22H2;(H,6,7). The van der Waals surface area contributed by atoms with Gasteiger partial charge in [0.25, 0.3) is 0 Å². The highest BCUT2D eigenvalue weighted by molar-refractivity contribution is 6.01. The summed E-state index contributed by atoms with van der Waals surface area (Å²) in [6.07, 6.45) is -4.27. The maximum Gasteiger partial charge on any atom is 0.490 e. The molecule has 0 bridgehead atoms. The maximum absolute atomic E-state index is 13.4. The Kier molecular flexibility index (Phi) is 10.2. The molecule has 38 heavy (non-hydrogen) atoms. The van der Waals surface area contributed by atoms with Crippen LogP contribution in [0.2, 0.25) is 0 Å². The third kappa shape index (κ3) is 8.60. The fourth-order valence-electron chi connectivity index (χ4n) is 3.72. The van der Waals surface area contributed by atoms with Crippen LogP contribution in [0.25, 0.3) is 0 Å². The normalized spacial score (nSPS) is 11.6. The van der Waals surface area contributed by atoms with Crippen LogP contribution in [0, 0.1) is 0 Å². The van der Waals surface area contributed by atoms with Gasteiger partial charge < -0.3 is 10.4 Å². The van der Waals surface area contributed by atoms with Crippen molar-refractivity contribution in [3.63, 3.8) is 0 Å². The van der Waals surface area contributed by atoms with Crippen LogP contribution in [0.3, 0.4) is 0 Å². The molecule has 0 aliphatic heterocycles. The van der Waals surface area contributed by atoms with Crippen LogP contribution in [0.1, 0.15) is 17.2 Å². The molecule has 0 saturated heterocycles. The van der Waals surface area contributed by atoms with Crippen LogP contribution in [0.15, 0.2) is 121 Å². The number of carbonyl (C=O) groups is 2. The summed E-state index contributed by atoms with van der Waals surface area (Å²) in [5.74, 6) is -2.75. The van der Waals surface area contributed by atoms with Gasteiger partial charge in [-0.1, -0.05) is 97.1 Å². The Balaban J connectivity index is 0.000000505. The number of hydrogen-bond donors (Lipinski definition) is 2. The van der Waals surface area contributed by atoms with E-state index >= 15 is 0 Å². The van der Waals surface area contributed by atoms with Gasteiger partial charge in [-0.25, -0.2) is 4.79 Å². The van der Waals surface area contributed by atoms with Crippen molar-refractivity contribution in [3.05, 3.63) is 132 Å². The fraction of sp³-hybridized carbons (Fsp3) is 0.133. The van der Waals surface area contributed by atoms with Crippen LogP contribution >= 0.6 is 0 Å². The lowest BCUT2D eigenvalue weighted by Gasteiger charge is -2.25. The summed E-state index contributed by atoms with van der Waals surface area (Å²) in [4.78, 5) is 24.1. The zero-order valence-electron chi connectivity index (χ0n) is 20.4. The second kappa shape index (κ2) is 13.8. The molecule has 0 aliphatic rings. The third-order valence-electron chi connectivity index (χ3n) is 5.50. The number of aliphatic carboxylic acids is 1. The first-order valence-electron chi connectivity index (χ1n) is 11.8. The minimum Gasteiger partial charge on any atom is -0.475 e. The number of alkyl halides is 3. The summed E-state index contributed by atoms with van der Waals surface area (Å²) < 4.78 is 31.7. The summed E-state index contributed by atoms with van der Waals surface area (Å²) >= 11 is 0. The third-order valence-corrected chi connectivity index (χ3v) is 5.50. The number of nitrogens with zero attached hydrogens (tertiary/aromatic N) is 1. The Morgan fingerprint density at radius 3 is 1.53 bits per heavy atom. The molecule has 0 saturated carbocycles. The average molecular weight is 521 g/mol. The highest BCUT2D eigenvalue weighted by atomic mass is 19.4. The van der Waals surface area contributed by atoms with E-state index in [9.17, 15) is 18.0 Å². The monoisotopic (exact) mass is 520 g/mol. The number of halogens is 3. The molecule has 0 aromatic heterocycles. The summed E-state index contributed by atoms with van der Waals surface area (Å²) in [6, 6.07) is 40.3. The van der Waals surface area contributed by atoms with E-state index in [1.165, 1.54) is 11.1 Å². The summed E-state index contributed by atoms with van der Waals surface area (Å²) in [7, 11) is 0. The zero-order valence-corrected chi connectivity index (χ0v) is 20.4. The van der Waals surface area contributed by atoms with E-state index in [1.54, 1.807) is 4.90 Å². The molecule has 1 amide bonds. The molecule has 0 radical (unpaired) electrons. The molecule has 8 heteroatoms. The van der Waals surface area contributed by atoms with Gasteiger partial charge in [0.05, 0.1) is 6.54 Å². The number of carboxylic acids is 1. The van der Waals surface area contributed by atoms with Crippen molar-refractivity contribution >= 4 is 23.3 Å². The number of nitrogens with one attached hydrogen (secondary N) is 1. The van der Waals surface area contributed by atoms with E-state index in [-0.39, 0.29) is 18.5 Å². The molecule has 0 aliphatic carbocycles. The fourth-order valence-corrected chi connectivity index (χ4v) is 3.72. The van der Waals surface area contributed by atoms with Gasteiger partial charge in [0.15, 0.2) is 0 Å². The van der Waals surface area contributed by atoms with E-state index in [1.807, 2.05) is 84.9 Å². The van der Waals surface area contributed by atoms with Crippen LogP contribution in [-0.2, 0) is 16.0 Å². The van der Waals surface area contributed by atoms with Crippen molar-refractivity contribution in [1.82, 2.24) is 5.32 Å². The molecule has 1 atom stereocenters. The number of rotatable bonds is 8. The van der Waals surface area contributed by atoms with E-state index in [2.05, 4.69) is 41.7 Å². The largest absolute Gasteiger partial charge is 0.490 e. The molecule has 2 N–H and O–H groups in total. The van der Waals surface area contributed by atoms with Gasteiger partial charge in [-0.05, 0) is 41.8 Å². The van der Waals surface area contributed by atoms with Gasteiger partial charge in [0.1, 0.15) is 0 Å². The first kappa shape index (κ1) is 28.1. The van der Waals surface area contributed by atoms with Gasteiger partial charge in [-0.15, -0.1) is 0 Å². The van der Waals surface area contributed by atoms with Crippen LogP contribution in [0.4, 0.5) is 24.5 Å². The van der Waals surface area contributed by atoms with Crippen molar-refractivity contribution in [2.75, 3.05) is 11.4 Å². The minimum atomic E-state index is -5.08. The predicted octanol–water partition coefficient (Wildman–Crippen LogP) is 6.56. The van der Waals surface area contributed by atoms with Gasteiger partial charge in [0, 0.05) is 17.4 Å². The Morgan fingerprint density at radius 1 is 0.711 bits per heavy atom. The summed E-state index contributed by atoms with van der Waals surface area (Å²) in [6.45, 7) is 0.232. The first-order chi connectivity index (χ1) is 18.3. The van der Waals surface area contributed by atoms with Gasteiger partial charge in [-0.3, -0.25) is 9.69 Å². The lowest BCUT2D eigenvalue weighted by molar-refractivity contribution is -0.192. The molecule has 0 fully saturated rings. The predicted molar refractivity (Wildman–Crippen MR) is 141 cm³/mol. The van der Waals surface area contributed by atoms with Crippen molar-refractivity contribution in [3.8, 4) is 0 Å². The maximum atomic E-state index is 13.4. The number of carbonyl (C=O) groups excluding carboxylic acids is 1. The van der Waals surface area contributed by atoms with E-state index < -0.39 is 12.1 Å². The molecule has 4 aromatic rings. The van der Waals surface area contributed by atoms with Crippen LogP contribution < -0.4 is 10.2 Å². The molecular weight excluding hydrogens is 493 g/mol. The number of anilines is 2. The molecule has 0 spiro atoms. The number of para-hydroxylation sites is 2. The molecule has 196 valence electrons. The van der Waals surface area contributed by atoms with Gasteiger partial charge in [0.2, 0.25) is 5.91 Å². The molecule has 1 unspecified atom stereocenters. The first-order valence-corrected chi connectivity index (χ1v) is 11.8. The lowest BCUT2D eigenvalue weighted by atomic mass is 9.99. The van der Waals surface area contributed by atoms with Crippen molar-refractivity contribution in [1.29, 1.82) is 0 Å².